The molecule has 0 heterocycles. The molecule has 124 valence electrons. The highest BCUT2D eigenvalue weighted by molar-refractivity contribution is 5.76. The van der Waals surface area contributed by atoms with Crippen molar-refractivity contribution in [2.24, 2.45) is 0 Å². The van der Waals surface area contributed by atoms with Crippen LogP contribution < -0.4 is 10.6 Å². The summed E-state index contributed by atoms with van der Waals surface area (Å²) in [6.45, 7) is 6.39. The van der Waals surface area contributed by atoms with E-state index in [-0.39, 0.29) is 12.2 Å². The van der Waals surface area contributed by atoms with Crippen LogP contribution in [0.2, 0.25) is 0 Å². The predicted molar refractivity (Wildman–Crippen MR) is 93.4 cm³/mol. The summed E-state index contributed by atoms with van der Waals surface area (Å²) < 4.78 is 0. The molecule has 2 rings (SSSR count). The summed E-state index contributed by atoms with van der Waals surface area (Å²) in [6, 6.07) is 13.9. The van der Waals surface area contributed by atoms with Gasteiger partial charge in [-0.25, -0.2) is 0 Å². The van der Waals surface area contributed by atoms with Crippen LogP contribution in [0.1, 0.15) is 19.4 Å². The zero-order valence-electron chi connectivity index (χ0n) is 13.5. The zero-order valence-corrected chi connectivity index (χ0v) is 13.5. The van der Waals surface area contributed by atoms with Gasteiger partial charge in [-0.15, -0.1) is 0 Å². The van der Waals surface area contributed by atoms with Crippen LogP contribution in [0.25, 0.3) is 0 Å². The summed E-state index contributed by atoms with van der Waals surface area (Å²) in [6.07, 6.45) is -0.0588. The van der Waals surface area contributed by atoms with Crippen molar-refractivity contribution in [2.75, 3.05) is 18.4 Å². The van der Waals surface area contributed by atoms with Crippen molar-refractivity contribution < 1.29 is 15.0 Å². The normalized spacial score (nSPS) is 9.65. The average Bonchev–Trinajstić information content (AvgIpc) is 2.52. The van der Waals surface area contributed by atoms with Crippen LogP contribution in [0.5, 0.6) is 5.75 Å². The molecular formula is C18H24N2O3. The van der Waals surface area contributed by atoms with Gasteiger partial charge in [-0.2, -0.15) is 0 Å². The monoisotopic (exact) mass is 316 g/mol. The molecule has 0 unspecified atom stereocenters. The first-order valence-electron chi connectivity index (χ1n) is 7.63. The third-order valence-electron chi connectivity index (χ3n) is 3.03. The molecule has 0 saturated carbocycles. The Morgan fingerprint density at radius 2 is 1.52 bits per heavy atom. The van der Waals surface area contributed by atoms with E-state index in [2.05, 4.69) is 24.5 Å². The van der Waals surface area contributed by atoms with Gasteiger partial charge in [0.15, 0.2) is 0 Å². The van der Waals surface area contributed by atoms with Gasteiger partial charge in [0.05, 0.1) is 12.1 Å². The Morgan fingerprint density at radius 3 is 2.04 bits per heavy atom. The molecule has 4 N–H and O–H groups in total. The topological polar surface area (TPSA) is 81.6 Å². The average molecular weight is 316 g/mol. The van der Waals surface area contributed by atoms with E-state index in [1.54, 1.807) is 42.5 Å². The van der Waals surface area contributed by atoms with Gasteiger partial charge in [0.1, 0.15) is 5.75 Å². The lowest BCUT2D eigenvalue weighted by atomic mass is 10.1. The summed E-state index contributed by atoms with van der Waals surface area (Å²) in [5, 5.41) is 24.6. The molecule has 5 nitrogen and oxygen atoms in total. The van der Waals surface area contributed by atoms with Gasteiger partial charge in [0.2, 0.25) is 0 Å². The number of hydrogen-bond acceptors (Lipinski definition) is 4. The largest absolute Gasteiger partial charge is 0.506 e. The van der Waals surface area contributed by atoms with E-state index in [0.717, 1.165) is 13.1 Å². The van der Waals surface area contributed by atoms with Gasteiger partial charge < -0.3 is 20.8 Å². The molecule has 0 bridgehead atoms. The van der Waals surface area contributed by atoms with Crippen LogP contribution in [0, 0.1) is 0 Å². The number of phenolic OH excluding ortho intramolecular Hbond substituents is 1. The Labute approximate surface area is 137 Å². The van der Waals surface area contributed by atoms with Gasteiger partial charge in [0.25, 0.3) is 0 Å². The van der Waals surface area contributed by atoms with E-state index in [0.29, 0.717) is 16.9 Å². The Bertz CT molecular complexity index is 613. The molecule has 0 spiro atoms. The summed E-state index contributed by atoms with van der Waals surface area (Å²) in [5.41, 5.74) is 1.91. The number of anilines is 2. The standard InChI is InChI=1S/C14H13NO3.C4H11N/c16-13-8-4-3-7-12(13)15-11-6-2-1-5-10(11)9-14(17)18;1-3-5-4-2/h1-8,15-16H,9H2,(H,17,18);5H,3-4H2,1-2H3. The molecule has 0 aliphatic heterocycles. The minimum Gasteiger partial charge on any atom is -0.506 e. The number of carboxylic acids is 1. The number of carboxylic acid groups (broad SMARTS) is 1. The first-order valence-corrected chi connectivity index (χ1v) is 7.63. The van der Waals surface area contributed by atoms with Gasteiger partial charge in [0, 0.05) is 5.69 Å². The van der Waals surface area contributed by atoms with Crippen LogP contribution in [-0.2, 0) is 11.2 Å². The molecule has 0 atom stereocenters. The Hall–Kier alpha value is -2.53. The second-order valence-electron chi connectivity index (χ2n) is 4.83. The maximum Gasteiger partial charge on any atom is 0.307 e. The fraction of sp³-hybridized carbons (Fsp3) is 0.278. The van der Waals surface area contributed by atoms with E-state index in [4.69, 9.17) is 5.11 Å². The van der Waals surface area contributed by atoms with Crippen molar-refractivity contribution in [1.29, 1.82) is 0 Å². The van der Waals surface area contributed by atoms with E-state index in [1.807, 2.05) is 6.07 Å². The van der Waals surface area contributed by atoms with Crippen molar-refractivity contribution in [3.63, 3.8) is 0 Å². The van der Waals surface area contributed by atoms with Crippen LogP contribution in [-0.4, -0.2) is 29.3 Å². The minimum absolute atomic E-state index is 0.0588. The maximum atomic E-state index is 10.8. The van der Waals surface area contributed by atoms with Crippen molar-refractivity contribution >= 4 is 17.3 Å². The number of para-hydroxylation sites is 3. The second kappa shape index (κ2) is 10.2. The van der Waals surface area contributed by atoms with E-state index >= 15 is 0 Å². The molecule has 0 aliphatic rings. The van der Waals surface area contributed by atoms with Crippen molar-refractivity contribution in [1.82, 2.24) is 5.32 Å². The number of carbonyl (C=O) groups is 1. The van der Waals surface area contributed by atoms with Crippen LogP contribution in [0.3, 0.4) is 0 Å². The number of phenols is 1. The maximum absolute atomic E-state index is 10.8. The van der Waals surface area contributed by atoms with E-state index in [9.17, 15) is 9.90 Å². The SMILES string of the molecule is CCNCC.O=C(O)Cc1ccccc1Nc1ccccc1O. The van der Waals surface area contributed by atoms with Crippen LogP contribution in [0.4, 0.5) is 11.4 Å². The number of nitrogens with one attached hydrogen (secondary N) is 2. The van der Waals surface area contributed by atoms with Crippen molar-refractivity contribution in [3.8, 4) is 5.75 Å². The van der Waals surface area contributed by atoms with Crippen molar-refractivity contribution in [3.05, 3.63) is 54.1 Å². The van der Waals surface area contributed by atoms with E-state index in [1.165, 1.54) is 0 Å². The first kappa shape index (κ1) is 18.5. The molecule has 2 aromatic rings. The first-order chi connectivity index (χ1) is 11.1. The molecule has 5 heteroatoms. The number of benzene rings is 2. The molecular weight excluding hydrogens is 292 g/mol. The zero-order chi connectivity index (χ0) is 17.1. The van der Waals surface area contributed by atoms with Crippen molar-refractivity contribution in [2.45, 2.75) is 20.3 Å². The molecule has 0 amide bonds. The van der Waals surface area contributed by atoms with Crippen LogP contribution >= 0.6 is 0 Å². The number of aliphatic carboxylic acids is 1. The summed E-state index contributed by atoms with van der Waals surface area (Å²) >= 11 is 0. The minimum atomic E-state index is -0.887. The third-order valence-corrected chi connectivity index (χ3v) is 3.03. The van der Waals surface area contributed by atoms with Gasteiger partial charge in [-0.3, -0.25) is 4.79 Å². The summed E-state index contributed by atoms with van der Waals surface area (Å²) in [5.74, 6) is -0.760. The molecule has 0 aromatic heterocycles. The Morgan fingerprint density at radius 1 is 0.957 bits per heavy atom. The molecule has 0 saturated heterocycles. The quantitative estimate of drug-likeness (QED) is 0.614. The van der Waals surface area contributed by atoms with Gasteiger partial charge in [-0.1, -0.05) is 44.2 Å². The Kier molecular flexibility index (Phi) is 8.24. The summed E-state index contributed by atoms with van der Waals surface area (Å²) in [7, 11) is 0. The second-order valence-corrected chi connectivity index (χ2v) is 4.83. The highest BCUT2D eigenvalue weighted by atomic mass is 16.4. The number of aromatic hydroxyl groups is 1. The fourth-order valence-corrected chi connectivity index (χ4v) is 1.93. The lowest BCUT2D eigenvalue weighted by Gasteiger charge is -2.11. The lowest BCUT2D eigenvalue weighted by molar-refractivity contribution is -0.136. The highest BCUT2D eigenvalue weighted by Gasteiger charge is 2.07. The third kappa shape index (κ3) is 6.84. The van der Waals surface area contributed by atoms with Crippen LogP contribution in [0.15, 0.2) is 48.5 Å². The lowest BCUT2D eigenvalue weighted by Crippen LogP contribution is -2.09. The van der Waals surface area contributed by atoms with Gasteiger partial charge >= 0.3 is 5.97 Å². The highest BCUT2D eigenvalue weighted by Crippen LogP contribution is 2.27. The predicted octanol–water partition coefficient (Wildman–Crippen LogP) is 3.38. The van der Waals surface area contributed by atoms with E-state index < -0.39 is 5.97 Å². The number of rotatable bonds is 6. The number of hydrogen-bond donors (Lipinski definition) is 4. The molecule has 0 radical (unpaired) electrons. The molecule has 0 fully saturated rings. The Balaban J connectivity index is 0.000000463. The molecule has 23 heavy (non-hydrogen) atoms. The fourth-order valence-electron chi connectivity index (χ4n) is 1.93. The smallest absolute Gasteiger partial charge is 0.307 e. The van der Waals surface area contributed by atoms with Gasteiger partial charge in [-0.05, 0) is 36.9 Å². The molecule has 0 aliphatic carbocycles. The summed E-state index contributed by atoms with van der Waals surface area (Å²) in [4.78, 5) is 10.8. The molecule has 2 aromatic carbocycles.